The number of phenolic OH excluding ortho intramolecular Hbond substituents is 1. The summed E-state index contributed by atoms with van der Waals surface area (Å²) in [5, 5.41) is 16.7. The van der Waals surface area contributed by atoms with E-state index in [-0.39, 0.29) is 5.75 Å². The van der Waals surface area contributed by atoms with E-state index in [2.05, 4.69) is 31.1 Å². The topological polar surface area (TPSA) is 58.9 Å². The van der Waals surface area contributed by atoms with Crippen LogP contribution in [-0.4, -0.2) is 20.3 Å². The van der Waals surface area contributed by atoms with Crippen molar-refractivity contribution in [2.24, 2.45) is 0 Å². The molecule has 0 fully saturated rings. The second-order valence-electron chi connectivity index (χ2n) is 2.66. The van der Waals surface area contributed by atoms with Crippen LogP contribution in [0.25, 0.3) is 11.3 Å². The molecule has 70 valence electrons. The smallest absolute Gasteiger partial charge is 0.218 e. The zero-order valence-electron chi connectivity index (χ0n) is 7.05. The normalized spacial score (nSPS) is 10.1. The number of rotatable bonds is 1. The SMILES string of the molecule is Oc1cccc(-c2cnnc(Br)n2)c1. The molecule has 0 aliphatic heterocycles. The Bertz CT molecular complexity index is 418. The molecule has 0 saturated heterocycles. The van der Waals surface area contributed by atoms with Crippen molar-refractivity contribution in [2.75, 3.05) is 0 Å². The average molecular weight is 252 g/mol. The monoisotopic (exact) mass is 251 g/mol. The Balaban J connectivity index is 2.49. The number of aromatic nitrogens is 3. The maximum Gasteiger partial charge on any atom is 0.218 e. The van der Waals surface area contributed by atoms with Gasteiger partial charge in [-0.15, -0.1) is 5.10 Å². The second kappa shape index (κ2) is 3.71. The van der Waals surface area contributed by atoms with Crippen LogP contribution in [0.5, 0.6) is 5.75 Å². The van der Waals surface area contributed by atoms with E-state index in [1.54, 1.807) is 24.4 Å². The Morgan fingerprint density at radius 2 is 2.14 bits per heavy atom. The fraction of sp³-hybridized carbons (Fsp3) is 0. The van der Waals surface area contributed by atoms with Crippen LogP contribution in [0, 0.1) is 0 Å². The molecule has 0 bridgehead atoms. The van der Waals surface area contributed by atoms with E-state index in [1.807, 2.05) is 6.07 Å². The first-order valence-corrected chi connectivity index (χ1v) is 4.69. The van der Waals surface area contributed by atoms with Crippen molar-refractivity contribution >= 4 is 15.9 Å². The van der Waals surface area contributed by atoms with E-state index in [0.717, 1.165) is 5.56 Å². The molecule has 0 unspecified atom stereocenters. The van der Waals surface area contributed by atoms with Gasteiger partial charge in [0.1, 0.15) is 5.75 Å². The Morgan fingerprint density at radius 3 is 2.86 bits per heavy atom. The van der Waals surface area contributed by atoms with Gasteiger partial charge in [0.2, 0.25) is 4.73 Å². The molecule has 4 nitrogen and oxygen atoms in total. The van der Waals surface area contributed by atoms with Crippen LogP contribution in [-0.2, 0) is 0 Å². The fourth-order valence-corrected chi connectivity index (χ4v) is 1.37. The van der Waals surface area contributed by atoms with Crippen LogP contribution in [0.3, 0.4) is 0 Å². The third-order valence-electron chi connectivity index (χ3n) is 1.67. The van der Waals surface area contributed by atoms with Crippen LogP contribution < -0.4 is 0 Å². The second-order valence-corrected chi connectivity index (χ2v) is 3.37. The quantitative estimate of drug-likeness (QED) is 0.843. The summed E-state index contributed by atoms with van der Waals surface area (Å²) in [6, 6.07) is 6.82. The first kappa shape index (κ1) is 9.08. The van der Waals surface area contributed by atoms with Crippen molar-refractivity contribution in [3.05, 3.63) is 35.2 Å². The standard InChI is InChI=1S/C9H6BrN3O/c10-9-12-8(5-11-13-9)6-2-1-3-7(14)4-6/h1-5,14H. The van der Waals surface area contributed by atoms with Crippen LogP contribution in [0.1, 0.15) is 0 Å². The largest absolute Gasteiger partial charge is 0.508 e. The third-order valence-corrected chi connectivity index (χ3v) is 2.01. The molecule has 1 heterocycles. The molecule has 1 aromatic heterocycles. The Morgan fingerprint density at radius 1 is 1.29 bits per heavy atom. The summed E-state index contributed by atoms with van der Waals surface area (Å²) in [7, 11) is 0. The summed E-state index contributed by atoms with van der Waals surface area (Å²) in [5.74, 6) is 0.206. The van der Waals surface area contributed by atoms with Crippen molar-refractivity contribution in [1.29, 1.82) is 0 Å². The zero-order chi connectivity index (χ0) is 9.97. The number of hydrogen-bond donors (Lipinski definition) is 1. The zero-order valence-corrected chi connectivity index (χ0v) is 8.64. The van der Waals surface area contributed by atoms with E-state index in [4.69, 9.17) is 0 Å². The summed E-state index contributed by atoms with van der Waals surface area (Å²) in [6.07, 6.45) is 1.54. The first-order chi connectivity index (χ1) is 6.75. The number of phenols is 1. The van der Waals surface area contributed by atoms with Crippen molar-refractivity contribution in [3.63, 3.8) is 0 Å². The highest BCUT2D eigenvalue weighted by Gasteiger charge is 2.01. The van der Waals surface area contributed by atoms with Crippen LogP contribution in [0.2, 0.25) is 0 Å². The number of halogens is 1. The van der Waals surface area contributed by atoms with Gasteiger partial charge in [-0.2, -0.15) is 5.10 Å². The molecule has 0 aliphatic carbocycles. The lowest BCUT2D eigenvalue weighted by molar-refractivity contribution is 0.475. The highest BCUT2D eigenvalue weighted by atomic mass is 79.9. The van der Waals surface area contributed by atoms with Crippen molar-refractivity contribution in [2.45, 2.75) is 0 Å². The average Bonchev–Trinajstić information content (AvgIpc) is 2.18. The van der Waals surface area contributed by atoms with Gasteiger partial charge in [0, 0.05) is 5.56 Å². The molecular formula is C9H6BrN3O. The number of nitrogens with zero attached hydrogens (tertiary/aromatic N) is 3. The van der Waals surface area contributed by atoms with E-state index >= 15 is 0 Å². The van der Waals surface area contributed by atoms with E-state index in [9.17, 15) is 5.11 Å². The maximum atomic E-state index is 9.27. The Hall–Kier alpha value is -1.49. The molecule has 0 aliphatic rings. The molecule has 2 aromatic rings. The molecule has 1 aromatic carbocycles. The number of benzene rings is 1. The van der Waals surface area contributed by atoms with Crippen LogP contribution in [0.15, 0.2) is 35.2 Å². The third kappa shape index (κ3) is 1.88. The van der Waals surface area contributed by atoms with Gasteiger partial charge in [-0.1, -0.05) is 12.1 Å². The lowest BCUT2D eigenvalue weighted by Crippen LogP contribution is -1.90. The van der Waals surface area contributed by atoms with Gasteiger partial charge in [0.25, 0.3) is 0 Å². The minimum atomic E-state index is 0.206. The van der Waals surface area contributed by atoms with Gasteiger partial charge in [-0.05, 0) is 28.1 Å². The molecule has 0 radical (unpaired) electrons. The van der Waals surface area contributed by atoms with Crippen LogP contribution in [0.4, 0.5) is 0 Å². The Kier molecular flexibility index (Phi) is 2.41. The molecule has 1 N–H and O–H groups in total. The highest BCUT2D eigenvalue weighted by molar-refractivity contribution is 9.10. The summed E-state index contributed by atoms with van der Waals surface area (Å²) in [5.41, 5.74) is 1.48. The van der Waals surface area contributed by atoms with Gasteiger partial charge in [0.15, 0.2) is 0 Å². The summed E-state index contributed by atoms with van der Waals surface area (Å²) in [4.78, 5) is 4.12. The van der Waals surface area contributed by atoms with E-state index in [0.29, 0.717) is 10.4 Å². The summed E-state index contributed by atoms with van der Waals surface area (Å²) in [6.45, 7) is 0. The first-order valence-electron chi connectivity index (χ1n) is 3.90. The van der Waals surface area contributed by atoms with Crippen molar-refractivity contribution < 1.29 is 5.11 Å². The molecule has 0 atom stereocenters. The van der Waals surface area contributed by atoms with E-state index in [1.165, 1.54) is 0 Å². The van der Waals surface area contributed by atoms with Crippen LogP contribution >= 0.6 is 15.9 Å². The number of aromatic hydroxyl groups is 1. The predicted molar refractivity (Wildman–Crippen MR) is 54.6 cm³/mol. The molecule has 14 heavy (non-hydrogen) atoms. The molecular weight excluding hydrogens is 246 g/mol. The Labute approximate surface area is 88.8 Å². The molecule has 5 heteroatoms. The molecule has 2 rings (SSSR count). The lowest BCUT2D eigenvalue weighted by atomic mass is 10.1. The van der Waals surface area contributed by atoms with E-state index < -0.39 is 0 Å². The summed E-state index contributed by atoms with van der Waals surface area (Å²) >= 11 is 3.13. The van der Waals surface area contributed by atoms with Gasteiger partial charge >= 0.3 is 0 Å². The number of hydrogen-bond acceptors (Lipinski definition) is 4. The predicted octanol–water partition coefficient (Wildman–Crippen LogP) is 2.01. The minimum absolute atomic E-state index is 0.206. The summed E-state index contributed by atoms with van der Waals surface area (Å²) < 4.78 is 0.429. The van der Waals surface area contributed by atoms with Gasteiger partial charge in [-0.25, -0.2) is 4.98 Å². The van der Waals surface area contributed by atoms with Gasteiger partial charge < -0.3 is 5.11 Å². The highest BCUT2D eigenvalue weighted by Crippen LogP contribution is 2.20. The lowest BCUT2D eigenvalue weighted by Gasteiger charge is -1.99. The molecule has 0 saturated carbocycles. The molecule has 0 amide bonds. The van der Waals surface area contributed by atoms with Crippen molar-refractivity contribution in [1.82, 2.24) is 15.2 Å². The van der Waals surface area contributed by atoms with Gasteiger partial charge in [0.05, 0.1) is 11.9 Å². The van der Waals surface area contributed by atoms with Gasteiger partial charge in [-0.3, -0.25) is 0 Å². The maximum absolute atomic E-state index is 9.27. The fourth-order valence-electron chi connectivity index (χ4n) is 1.09. The van der Waals surface area contributed by atoms with Crippen molar-refractivity contribution in [3.8, 4) is 17.0 Å². The molecule has 0 spiro atoms. The minimum Gasteiger partial charge on any atom is -0.508 e.